The largest absolute Gasteiger partial charge is 0.412 e. The smallest absolute Gasteiger partial charge is 0.410 e. The number of hydrogen-bond donors (Lipinski definition) is 2. The molecule has 2 heterocycles. The molecule has 2 N–H and O–H groups in total. The Kier molecular flexibility index (Phi) is 6.71. The Morgan fingerprint density at radius 3 is 2.78 bits per heavy atom. The fourth-order valence-electron chi connectivity index (χ4n) is 3.37. The summed E-state index contributed by atoms with van der Waals surface area (Å²) < 4.78 is 5.63. The van der Waals surface area contributed by atoms with Crippen molar-refractivity contribution >= 4 is 17.0 Å². The van der Waals surface area contributed by atoms with Crippen LogP contribution in [0.2, 0.25) is 0 Å². The highest BCUT2D eigenvalue weighted by Gasteiger charge is 2.15. The number of likely N-dealkylation sites (N-methyl/N-ethyl adjacent to an activating group) is 2. The van der Waals surface area contributed by atoms with E-state index < -0.39 is 6.09 Å². The predicted molar refractivity (Wildman–Crippen MR) is 109 cm³/mol. The summed E-state index contributed by atoms with van der Waals surface area (Å²) in [6.07, 6.45) is 2.52. The number of ether oxygens (including phenoxy) is 1. The quantitative estimate of drug-likeness (QED) is 0.772. The Hall–Kier alpha value is -2.09. The highest BCUT2D eigenvalue weighted by Crippen LogP contribution is 2.29. The molecule has 1 aromatic carbocycles. The minimum absolute atomic E-state index is 0.392. The minimum Gasteiger partial charge on any atom is -0.410 e. The molecule has 27 heavy (non-hydrogen) atoms. The Bertz CT molecular complexity index is 750. The van der Waals surface area contributed by atoms with Gasteiger partial charge in [0.2, 0.25) is 0 Å². The Morgan fingerprint density at radius 2 is 2.04 bits per heavy atom. The van der Waals surface area contributed by atoms with Crippen molar-refractivity contribution in [1.29, 1.82) is 0 Å². The predicted octanol–water partition coefficient (Wildman–Crippen LogP) is 1.61. The molecule has 0 atom stereocenters. The first-order valence-electron chi connectivity index (χ1n) is 9.63. The molecule has 1 saturated heterocycles. The van der Waals surface area contributed by atoms with Crippen LogP contribution in [-0.4, -0.2) is 92.7 Å². The van der Waals surface area contributed by atoms with Gasteiger partial charge in [-0.1, -0.05) is 6.07 Å². The van der Waals surface area contributed by atoms with Gasteiger partial charge in [0.25, 0.3) is 0 Å². The monoisotopic (exact) mass is 373 g/mol. The van der Waals surface area contributed by atoms with Gasteiger partial charge in [-0.05, 0) is 45.3 Å². The molecule has 7 heteroatoms. The first kappa shape index (κ1) is 19.7. The van der Waals surface area contributed by atoms with E-state index in [1.807, 2.05) is 24.4 Å². The van der Waals surface area contributed by atoms with E-state index in [1.165, 1.54) is 5.56 Å². The zero-order chi connectivity index (χ0) is 19.2. The third-order valence-corrected chi connectivity index (χ3v) is 5.07. The first-order chi connectivity index (χ1) is 13.0. The molecule has 3 rings (SSSR count). The Morgan fingerprint density at radius 1 is 1.26 bits per heavy atom. The van der Waals surface area contributed by atoms with Gasteiger partial charge in [-0.25, -0.2) is 4.79 Å². The van der Waals surface area contributed by atoms with Gasteiger partial charge in [-0.2, -0.15) is 0 Å². The van der Waals surface area contributed by atoms with Crippen LogP contribution >= 0.6 is 0 Å². The maximum atomic E-state index is 12.3. The maximum Gasteiger partial charge on any atom is 0.412 e. The van der Waals surface area contributed by atoms with Gasteiger partial charge in [-0.3, -0.25) is 4.90 Å². The van der Waals surface area contributed by atoms with Crippen LogP contribution in [0, 0.1) is 0 Å². The molecule has 148 valence electrons. The van der Waals surface area contributed by atoms with Crippen molar-refractivity contribution in [1.82, 2.24) is 25.0 Å². The van der Waals surface area contributed by atoms with Crippen LogP contribution in [0.5, 0.6) is 5.75 Å². The van der Waals surface area contributed by atoms with Gasteiger partial charge in [0.15, 0.2) is 0 Å². The molecule has 0 saturated carbocycles. The maximum absolute atomic E-state index is 12.3. The molecule has 1 aliphatic rings. The lowest BCUT2D eigenvalue weighted by atomic mass is 10.1. The third kappa shape index (κ3) is 5.45. The molecule has 1 amide bonds. The van der Waals surface area contributed by atoms with Crippen molar-refractivity contribution in [3.8, 4) is 5.75 Å². The number of aromatic amines is 1. The summed E-state index contributed by atoms with van der Waals surface area (Å²) >= 11 is 0. The molecule has 0 spiro atoms. The van der Waals surface area contributed by atoms with E-state index >= 15 is 0 Å². The van der Waals surface area contributed by atoms with Crippen molar-refractivity contribution in [2.75, 3.05) is 67.0 Å². The number of nitrogens with zero attached hydrogens (tertiary/aromatic N) is 3. The van der Waals surface area contributed by atoms with E-state index in [1.54, 1.807) is 0 Å². The van der Waals surface area contributed by atoms with Gasteiger partial charge < -0.3 is 24.8 Å². The molecular weight excluding hydrogens is 342 g/mol. The number of fused-ring (bicyclic) bond motifs is 1. The fourth-order valence-corrected chi connectivity index (χ4v) is 3.37. The van der Waals surface area contributed by atoms with E-state index in [0.717, 1.165) is 56.6 Å². The number of hydrogen-bond acceptors (Lipinski definition) is 5. The molecule has 0 aliphatic carbocycles. The van der Waals surface area contributed by atoms with Crippen LogP contribution in [-0.2, 0) is 6.42 Å². The number of amides is 1. The Labute approximate surface area is 161 Å². The van der Waals surface area contributed by atoms with Crippen LogP contribution in [0.25, 0.3) is 10.9 Å². The fraction of sp³-hybridized carbons (Fsp3) is 0.550. The number of benzene rings is 1. The van der Waals surface area contributed by atoms with Crippen LogP contribution < -0.4 is 10.1 Å². The van der Waals surface area contributed by atoms with Crippen molar-refractivity contribution in [3.63, 3.8) is 0 Å². The van der Waals surface area contributed by atoms with Crippen LogP contribution in [0.1, 0.15) is 5.56 Å². The first-order valence-corrected chi connectivity index (χ1v) is 9.63. The van der Waals surface area contributed by atoms with Crippen LogP contribution in [0.3, 0.4) is 0 Å². The second-order valence-electron chi connectivity index (χ2n) is 7.51. The molecule has 7 nitrogen and oxygen atoms in total. The SMILES string of the molecule is CN(C)CCc1c[nH]c2cccc(OC(=O)NCCN3CCN(C)CC3)c12. The summed E-state index contributed by atoms with van der Waals surface area (Å²) in [5, 5.41) is 3.88. The van der Waals surface area contributed by atoms with Crippen LogP contribution in [0.15, 0.2) is 24.4 Å². The van der Waals surface area contributed by atoms with Gasteiger partial charge in [0, 0.05) is 62.9 Å². The summed E-state index contributed by atoms with van der Waals surface area (Å²) in [5.74, 6) is 0.611. The van der Waals surface area contributed by atoms with Crippen molar-refractivity contribution in [3.05, 3.63) is 30.0 Å². The number of H-pyrrole nitrogens is 1. The van der Waals surface area contributed by atoms with Gasteiger partial charge in [0.05, 0.1) is 0 Å². The lowest BCUT2D eigenvalue weighted by molar-refractivity contribution is 0.152. The lowest BCUT2D eigenvalue weighted by Gasteiger charge is -2.32. The number of carbonyl (C=O) groups excluding carboxylic acids is 1. The molecule has 1 aliphatic heterocycles. The molecule has 2 aromatic rings. The van der Waals surface area contributed by atoms with Crippen LogP contribution in [0.4, 0.5) is 4.79 Å². The summed E-state index contributed by atoms with van der Waals surface area (Å²) in [6.45, 7) is 6.64. The van der Waals surface area contributed by atoms with E-state index in [2.05, 4.69) is 46.1 Å². The molecule has 1 fully saturated rings. The second kappa shape index (κ2) is 9.21. The molecule has 0 radical (unpaired) electrons. The van der Waals surface area contributed by atoms with E-state index in [-0.39, 0.29) is 0 Å². The Balaban J connectivity index is 1.55. The third-order valence-electron chi connectivity index (χ3n) is 5.07. The number of aromatic nitrogens is 1. The number of rotatable bonds is 7. The van der Waals surface area contributed by atoms with Gasteiger partial charge in [-0.15, -0.1) is 0 Å². The number of nitrogens with one attached hydrogen (secondary N) is 2. The van der Waals surface area contributed by atoms with Crippen molar-refractivity contribution in [2.45, 2.75) is 6.42 Å². The average Bonchev–Trinajstić information content (AvgIpc) is 3.06. The number of carbonyl (C=O) groups is 1. The standard InChI is InChI=1S/C20H31N5O2/c1-23(2)9-7-16-15-22-17-5-4-6-18(19(16)17)27-20(26)21-8-10-25-13-11-24(3)12-14-25/h4-6,15,22H,7-14H2,1-3H3,(H,21,26). The number of piperazine rings is 1. The zero-order valence-corrected chi connectivity index (χ0v) is 16.6. The topological polar surface area (TPSA) is 63.8 Å². The molecular formula is C20H31N5O2. The molecule has 0 bridgehead atoms. The normalized spacial score (nSPS) is 16.1. The van der Waals surface area contributed by atoms with E-state index in [4.69, 9.17) is 4.74 Å². The minimum atomic E-state index is -0.392. The zero-order valence-electron chi connectivity index (χ0n) is 16.6. The lowest BCUT2D eigenvalue weighted by Crippen LogP contribution is -2.47. The van der Waals surface area contributed by atoms with Gasteiger partial charge >= 0.3 is 6.09 Å². The van der Waals surface area contributed by atoms with Crippen molar-refractivity contribution in [2.24, 2.45) is 0 Å². The second-order valence-corrected chi connectivity index (χ2v) is 7.51. The summed E-state index contributed by atoms with van der Waals surface area (Å²) in [6, 6.07) is 5.77. The van der Waals surface area contributed by atoms with Gasteiger partial charge in [0.1, 0.15) is 5.75 Å². The van der Waals surface area contributed by atoms with E-state index in [0.29, 0.717) is 12.3 Å². The molecule has 0 unspecified atom stereocenters. The summed E-state index contributed by atoms with van der Waals surface area (Å²) in [7, 11) is 6.25. The highest BCUT2D eigenvalue weighted by molar-refractivity contribution is 5.91. The van der Waals surface area contributed by atoms with Crippen molar-refractivity contribution < 1.29 is 9.53 Å². The average molecular weight is 374 g/mol. The summed E-state index contributed by atoms with van der Waals surface area (Å²) in [4.78, 5) is 22.4. The summed E-state index contributed by atoms with van der Waals surface area (Å²) in [5.41, 5.74) is 2.16. The highest BCUT2D eigenvalue weighted by atomic mass is 16.6. The molecule has 1 aromatic heterocycles. The van der Waals surface area contributed by atoms with E-state index in [9.17, 15) is 4.79 Å².